The van der Waals surface area contributed by atoms with Gasteiger partial charge in [0.25, 0.3) is 0 Å². The minimum absolute atomic E-state index is 0.0587. The number of hydrogen-bond donors (Lipinski definition) is 2. The highest BCUT2D eigenvalue weighted by molar-refractivity contribution is 7.47. The largest absolute Gasteiger partial charge is 0.472 e. The van der Waals surface area contributed by atoms with Crippen molar-refractivity contribution in [2.24, 2.45) is 5.73 Å². The van der Waals surface area contributed by atoms with Gasteiger partial charge in [0.15, 0.2) is 6.10 Å². The number of rotatable bonds is 66. The van der Waals surface area contributed by atoms with Gasteiger partial charge in [0.2, 0.25) is 0 Å². The van der Waals surface area contributed by atoms with E-state index in [2.05, 4.69) is 13.8 Å². The van der Waals surface area contributed by atoms with E-state index in [4.69, 9.17) is 24.3 Å². The van der Waals surface area contributed by atoms with Gasteiger partial charge < -0.3 is 20.1 Å². The van der Waals surface area contributed by atoms with Crippen LogP contribution in [0.3, 0.4) is 0 Å². The number of phosphoric ester groups is 1. The number of nitrogens with two attached hydrogens (primary N) is 1. The SMILES string of the molecule is CCCCCCCCCCCCCCCCCCCCCCCCCCCCCCCCCCCCCC(=O)OC(COC(=O)CCCCCCCCCCCCCCCCCCCCCC)COP(=O)(O)OCCN. The molecule has 0 aromatic rings. The first kappa shape index (κ1) is 75.0. The molecule has 0 bridgehead atoms. The van der Waals surface area contributed by atoms with E-state index in [1.807, 2.05) is 0 Å². The first-order valence-corrected chi connectivity index (χ1v) is 35.5. The van der Waals surface area contributed by atoms with Crippen LogP contribution in [-0.2, 0) is 32.7 Å². The molecular formula is C66H132NO8P. The molecule has 0 rings (SSSR count). The molecule has 2 atom stereocenters. The second-order valence-electron chi connectivity index (χ2n) is 23.4. The molecule has 0 aliphatic heterocycles. The Morgan fingerprint density at radius 3 is 0.803 bits per heavy atom. The first-order valence-electron chi connectivity index (χ1n) is 34.0. The van der Waals surface area contributed by atoms with Gasteiger partial charge in [-0.2, -0.15) is 0 Å². The summed E-state index contributed by atoms with van der Waals surface area (Å²) >= 11 is 0. The minimum atomic E-state index is -4.38. The zero-order valence-electron chi connectivity index (χ0n) is 51.0. The molecule has 454 valence electrons. The zero-order chi connectivity index (χ0) is 55.2. The molecular weight excluding hydrogens is 966 g/mol. The van der Waals surface area contributed by atoms with Crippen LogP contribution >= 0.6 is 7.82 Å². The van der Waals surface area contributed by atoms with Crippen molar-refractivity contribution < 1.29 is 37.6 Å². The highest BCUT2D eigenvalue weighted by Crippen LogP contribution is 2.43. The average Bonchev–Trinajstić information content (AvgIpc) is 3.41. The molecule has 0 spiro atoms. The number of ether oxygens (including phenoxy) is 2. The number of unbranched alkanes of at least 4 members (excludes halogenated alkanes) is 53. The minimum Gasteiger partial charge on any atom is -0.462 e. The van der Waals surface area contributed by atoms with Crippen LogP contribution in [0.2, 0.25) is 0 Å². The fraction of sp³-hybridized carbons (Fsp3) is 0.970. The molecule has 0 aromatic carbocycles. The van der Waals surface area contributed by atoms with Gasteiger partial charge in [-0.1, -0.05) is 354 Å². The molecule has 0 amide bonds. The lowest BCUT2D eigenvalue weighted by Crippen LogP contribution is -2.29. The molecule has 0 saturated carbocycles. The van der Waals surface area contributed by atoms with E-state index < -0.39 is 26.5 Å². The van der Waals surface area contributed by atoms with Crippen LogP contribution in [0.15, 0.2) is 0 Å². The maximum atomic E-state index is 12.7. The van der Waals surface area contributed by atoms with Crippen LogP contribution in [0.1, 0.15) is 380 Å². The number of carbonyl (C=O) groups is 2. The summed E-state index contributed by atoms with van der Waals surface area (Å²) in [5.74, 6) is -0.799. The Balaban J connectivity index is 3.77. The number of carbonyl (C=O) groups excluding carboxylic acids is 2. The van der Waals surface area contributed by atoms with Gasteiger partial charge in [-0.25, -0.2) is 4.57 Å². The van der Waals surface area contributed by atoms with E-state index in [-0.39, 0.29) is 32.1 Å². The van der Waals surface area contributed by atoms with Crippen LogP contribution in [0.4, 0.5) is 0 Å². The summed E-state index contributed by atoms with van der Waals surface area (Å²) in [4.78, 5) is 35.3. The third-order valence-corrected chi connectivity index (χ3v) is 16.7. The summed E-state index contributed by atoms with van der Waals surface area (Å²) in [6, 6.07) is 0. The van der Waals surface area contributed by atoms with Gasteiger partial charge in [-0.3, -0.25) is 18.6 Å². The maximum Gasteiger partial charge on any atom is 0.472 e. The summed E-state index contributed by atoms with van der Waals surface area (Å²) in [5.41, 5.74) is 5.40. The van der Waals surface area contributed by atoms with Crippen molar-refractivity contribution in [1.29, 1.82) is 0 Å². The Hall–Kier alpha value is -0.990. The smallest absolute Gasteiger partial charge is 0.462 e. The molecule has 0 heterocycles. The third kappa shape index (κ3) is 62.2. The molecule has 0 aliphatic rings. The highest BCUT2D eigenvalue weighted by Gasteiger charge is 2.26. The standard InChI is InChI=1S/C66H132NO8P/c1-3-5-7-9-11-13-15-17-19-21-23-25-26-27-28-29-30-31-32-33-34-35-36-37-38-39-41-43-45-47-49-51-53-55-57-59-66(69)75-64(63-74-76(70,71)73-61-60-67)62-72-65(68)58-56-54-52-50-48-46-44-42-40-24-22-20-18-16-14-12-10-8-6-4-2/h64H,3-63,67H2,1-2H3,(H,70,71). The Bertz CT molecular complexity index is 1210. The lowest BCUT2D eigenvalue weighted by Gasteiger charge is -2.19. The van der Waals surface area contributed by atoms with Gasteiger partial charge in [0, 0.05) is 19.4 Å². The second kappa shape index (κ2) is 63.2. The average molecular weight is 1100 g/mol. The van der Waals surface area contributed by atoms with Crippen molar-refractivity contribution in [2.45, 2.75) is 386 Å². The van der Waals surface area contributed by atoms with Crippen molar-refractivity contribution in [3.05, 3.63) is 0 Å². The molecule has 9 nitrogen and oxygen atoms in total. The maximum absolute atomic E-state index is 12.7. The summed E-state index contributed by atoms with van der Waals surface area (Å²) in [6.07, 6.45) is 73.5. The van der Waals surface area contributed by atoms with E-state index in [0.717, 1.165) is 32.1 Å². The van der Waals surface area contributed by atoms with Crippen LogP contribution in [0.25, 0.3) is 0 Å². The second-order valence-corrected chi connectivity index (χ2v) is 24.9. The van der Waals surface area contributed by atoms with Gasteiger partial charge in [-0.15, -0.1) is 0 Å². The van der Waals surface area contributed by atoms with Gasteiger partial charge in [-0.05, 0) is 12.8 Å². The van der Waals surface area contributed by atoms with Crippen molar-refractivity contribution in [2.75, 3.05) is 26.4 Å². The Labute approximate surface area is 473 Å². The van der Waals surface area contributed by atoms with Crippen molar-refractivity contribution >= 4 is 19.8 Å². The number of esters is 2. The monoisotopic (exact) mass is 1100 g/mol. The Morgan fingerprint density at radius 1 is 0.342 bits per heavy atom. The lowest BCUT2D eigenvalue weighted by molar-refractivity contribution is -0.161. The fourth-order valence-corrected chi connectivity index (χ4v) is 11.5. The number of phosphoric acid groups is 1. The van der Waals surface area contributed by atoms with Crippen molar-refractivity contribution in [3.8, 4) is 0 Å². The number of hydrogen-bond acceptors (Lipinski definition) is 8. The Kier molecular flexibility index (Phi) is 62.4. The normalized spacial score (nSPS) is 12.8. The van der Waals surface area contributed by atoms with Crippen LogP contribution in [0.5, 0.6) is 0 Å². The quantitative estimate of drug-likeness (QED) is 0.0347. The molecule has 2 unspecified atom stereocenters. The van der Waals surface area contributed by atoms with E-state index in [9.17, 15) is 19.0 Å². The highest BCUT2D eigenvalue weighted by atomic mass is 31.2. The lowest BCUT2D eigenvalue weighted by atomic mass is 10.0. The van der Waals surface area contributed by atoms with E-state index >= 15 is 0 Å². The topological polar surface area (TPSA) is 134 Å². The summed E-state index contributed by atoms with van der Waals surface area (Å²) in [6.45, 7) is 3.84. The molecule has 0 radical (unpaired) electrons. The van der Waals surface area contributed by atoms with Gasteiger partial charge in [0.05, 0.1) is 13.2 Å². The van der Waals surface area contributed by atoms with Crippen molar-refractivity contribution in [3.63, 3.8) is 0 Å². The predicted molar refractivity (Wildman–Crippen MR) is 326 cm³/mol. The predicted octanol–water partition coefficient (Wildman–Crippen LogP) is 21.8. The molecule has 10 heteroatoms. The molecule has 3 N–H and O–H groups in total. The first-order chi connectivity index (χ1) is 37.3. The van der Waals surface area contributed by atoms with Crippen LogP contribution in [0, 0.1) is 0 Å². The molecule has 76 heavy (non-hydrogen) atoms. The zero-order valence-corrected chi connectivity index (χ0v) is 51.9. The molecule has 0 fully saturated rings. The fourth-order valence-electron chi connectivity index (χ4n) is 10.7. The van der Waals surface area contributed by atoms with E-state index in [1.54, 1.807) is 0 Å². The van der Waals surface area contributed by atoms with Gasteiger partial charge in [0.1, 0.15) is 6.61 Å². The summed E-state index contributed by atoms with van der Waals surface area (Å²) in [5, 5.41) is 0. The summed E-state index contributed by atoms with van der Waals surface area (Å²) in [7, 11) is -4.38. The molecule has 0 aromatic heterocycles. The molecule has 0 saturated heterocycles. The summed E-state index contributed by atoms with van der Waals surface area (Å²) < 4.78 is 33.1. The molecule has 0 aliphatic carbocycles. The van der Waals surface area contributed by atoms with Crippen LogP contribution in [-0.4, -0.2) is 49.3 Å². The van der Waals surface area contributed by atoms with E-state index in [0.29, 0.717) is 12.8 Å². The Morgan fingerprint density at radius 2 is 0.566 bits per heavy atom. The van der Waals surface area contributed by atoms with E-state index in [1.165, 1.54) is 315 Å². The third-order valence-electron chi connectivity index (χ3n) is 15.7. The van der Waals surface area contributed by atoms with Crippen molar-refractivity contribution in [1.82, 2.24) is 0 Å². The van der Waals surface area contributed by atoms with Gasteiger partial charge >= 0.3 is 19.8 Å². The van der Waals surface area contributed by atoms with Crippen LogP contribution < -0.4 is 5.73 Å².